The van der Waals surface area contributed by atoms with Crippen LogP contribution < -0.4 is 4.72 Å². The first kappa shape index (κ1) is 16.7. The van der Waals surface area contributed by atoms with Gasteiger partial charge in [-0.3, -0.25) is 0 Å². The maximum atomic E-state index is 12.0. The van der Waals surface area contributed by atoms with Gasteiger partial charge in [0.2, 0.25) is 0 Å². The first-order valence-electron chi connectivity index (χ1n) is 6.32. The third-order valence-corrected chi connectivity index (χ3v) is 3.26. The molecule has 0 aliphatic rings. The summed E-state index contributed by atoms with van der Waals surface area (Å²) in [7, 11) is 2.36. The van der Waals surface area contributed by atoms with E-state index in [-0.39, 0.29) is 0 Å². The highest BCUT2D eigenvalue weighted by molar-refractivity contribution is 7.83. The average molecular weight is 298 g/mol. The number of hydrogen-bond donors (Lipinski definition) is 1. The van der Waals surface area contributed by atoms with E-state index in [0.717, 1.165) is 12.1 Å². The summed E-state index contributed by atoms with van der Waals surface area (Å²) < 4.78 is 19.3. The molecule has 0 spiro atoms. The van der Waals surface area contributed by atoms with E-state index in [1.165, 1.54) is 0 Å². The van der Waals surface area contributed by atoms with Crippen LogP contribution >= 0.6 is 0 Å². The van der Waals surface area contributed by atoms with Crippen LogP contribution in [0, 0.1) is 0 Å². The number of hydrogen-bond acceptors (Lipinski definition) is 4. The zero-order valence-electron chi connectivity index (χ0n) is 12.6. The van der Waals surface area contributed by atoms with Gasteiger partial charge in [-0.25, -0.2) is 13.7 Å². The number of carbonyl (C=O) groups is 1. The molecule has 6 heteroatoms. The van der Waals surface area contributed by atoms with Gasteiger partial charge < -0.3 is 9.64 Å². The first-order valence-corrected chi connectivity index (χ1v) is 7.47. The lowest BCUT2D eigenvalue weighted by Crippen LogP contribution is -2.33. The maximum absolute atomic E-state index is 12.0. The van der Waals surface area contributed by atoms with E-state index in [9.17, 15) is 9.00 Å². The van der Waals surface area contributed by atoms with Crippen molar-refractivity contribution < 1.29 is 13.7 Å². The third-order valence-electron chi connectivity index (χ3n) is 2.21. The lowest BCUT2D eigenvalue weighted by molar-refractivity contribution is 0.0572. The van der Waals surface area contributed by atoms with Gasteiger partial charge in [-0.05, 0) is 52.6 Å². The Balaban J connectivity index is 2.62. The maximum Gasteiger partial charge on any atom is 0.419 e. The second-order valence-corrected chi connectivity index (χ2v) is 6.97. The van der Waals surface area contributed by atoms with Gasteiger partial charge in [0.15, 0.2) is 11.0 Å². The van der Waals surface area contributed by atoms with Gasteiger partial charge in [-0.15, -0.1) is 0 Å². The van der Waals surface area contributed by atoms with E-state index in [2.05, 4.69) is 4.72 Å². The van der Waals surface area contributed by atoms with Crippen LogP contribution in [0.2, 0.25) is 0 Å². The van der Waals surface area contributed by atoms with Crippen LogP contribution in [0.1, 0.15) is 26.3 Å². The lowest BCUT2D eigenvalue weighted by Gasteiger charge is -2.19. The van der Waals surface area contributed by atoms with Crippen molar-refractivity contribution in [3.8, 4) is 0 Å². The Bertz CT molecular complexity index is 478. The molecular weight excluding hydrogens is 276 g/mol. The molecule has 1 amide bonds. The molecule has 1 aromatic rings. The molecule has 0 aromatic heterocycles. The summed E-state index contributed by atoms with van der Waals surface area (Å²) in [6, 6.07) is 7.27. The van der Waals surface area contributed by atoms with E-state index < -0.39 is 22.7 Å². The smallest absolute Gasteiger partial charge is 0.419 e. The van der Waals surface area contributed by atoms with Crippen LogP contribution in [0.4, 0.5) is 4.79 Å². The molecule has 1 aromatic carbocycles. The number of carbonyl (C=O) groups excluding carboxylic acids is 1. The van der Waals surface area contributed by atoms with Crippen molar-refractivity contribution in [2.75, 3.05) is 14.1 Å². The molecule has 0 aliphatic carbocycles. The minimum atomic E-state index is -1.61. The first-order chi connectivity index (χ1) is 9.17. The standard InChI is InChI=1S/C14H22N2O3S/c1-14(2,3)19-13(17)15-20(18)12-8-6-11(7-9-12)10-16(4)5/h6-9H,10H2,1-5H3,(H,15,17). The Hall–Kier alpha value is -1.40. The summed E-state index contributed by atoms with van der Waals surface area (Å²) in [5, 5.41) is 0. The van der Waals surface area contributed by atoms with Crippen molar-refractivity contribution in [2.24, 2.45) is 0 Å². The van der Waals surface area contributed by atoms with Crippen molar-refractivity contribution in [3.05, 3.63) is 29.8 Å². The van der Waals surface area contributed by atoms with Crippen LogP contribution in [0.15, 0.2) is 29.2 Å². The number of nitrogens with zero attached hydrogens (tertiary/aromatic N) is 1. The topological polar surface area (TPSA) is 58.6 Å². The summed E-state index contributed by atoms with van der Waals surface area (Å²) >= 11 is 0. The Morgan fingerprint density at radius 1 is 1.25 bits per heavy atom. The fourth-order valence-corrected chi connectivity index (χ4v) is 2.21. The Labute approximate surface area is 122 Å². The molecule has 20 heavy (non-hydrogen) atoms. The second-order valence-electron chi connectivity index (χ2n) is 5.75. The van der Waals surface area contributed by atoms with Crippen LogP contribution in [0.5, 0.6) is 0 Å². The number of nitrogens with one attached hydrogen (secondary N) is 1. The monoisotopic (exact) mass is 298 g/mol. The molecule has 0 radical (unpaired) electrons. The summed E-state index contributed by atoms with van der Waals surface area (Å²) in [6.07, 6.45) is -0.687. The van der Waals surface area contributed by atoms with E-state index >= 15 is 0 Å². The zero-order chi connectivity index (χ0) is 15.3. The molecular formula is C14H22N2O3S. The van der Waals surface area contributed by atoms with E-state index in [0.29, 0.717) is 4.90 Å². The summed E-state index contributed by atoms with van der Waals surface area (Å²) in [5.41, 5.74) is 0.511. The Morgan fingerprint density at radius 3 is 2.25 bits per heavy atom. The third kappa shape index (κ3) is 6.16. The fraction of sp³-hybridized carbons (Fsp3) is 0.500. The highest BCUT2D eigenvalue weighted by Crippen LogP contribution is 2.11. The number of benzene rings is 1. The quantitative estimate of drug-likeness (QED) is 0.926. The van der Waals surface area contributed by atoms with Crippen molar-refractivity contribution in [2.45, 2.75) is 37.8 Å². The van der Waals surface area contributed by atoms with Crippen molar-refractivity contribution in [1.82, 2.24) is 9.62 Å². The summed E-state index contributed by atoms with van der Waals surface area (Å²) in [6.45, 7) is 6.08. The predicted molar refractivity (Wildman–Crippen MR) is 79.6 cm³/mol. The highest BCUT2D eigenvalue weighted by atomic mass is 32.2. The molecule has 1 N–H and O–H groups in total. The van der Waals surface area contributed by atoms with Crippen molar-refractivity contribution in [1.29, 1.82) is 0 Å². The van der Waals surface area contributed by atoms with Crippen molar-refractivity contribution in [3.63, 3.8) is 0 Å². The minimum Gasteiger partial charge on any atom is -0.443 e. The van der Waals surface area contributed by atoms with Crippen LogP contribution in [-0.2, 0) is 22.3 Å². The molecule has 1 unspecified atom stereocenters. The van der Waals surface area contributed by atoms with Gasteiger partial charge in [0, 0.05) is 6.54 Å². The number of rotatable bonds is 4. The molecule has 1 atom stereocenters. The normalized spacial score (nSPS) is 13.1. The van der Waals surface area contributed by atoms with Crippen LogP contribution in [0.3, 0.4) is 0 Å². The average Bonchev–Trinajstić information content (AvgIpc) is 2.26. The fourth-order valence-electron chi connectivity index (χ4n) is 1.52. The van der Waals surface area contributed by atoms with Gasteiger partial charge in [0.05, 0.1) is 4.90 Å². The second kappa shape index (κ2) is 6.85. The lowest BCUT2D eigenvalue weighted by atomic mass is 10.2. The van der Waals surface area contributed by atoms with Gasteiger partial charge in [-0.1, -0.05) is 12.1 Å². The predicted octanol–water partition coefficient (Wildman–Crippen LogP) is 2.30. The molecule has 1 rings (SSSR count). The van der Waals surface area contributed by atoms with Crippen LogP contribution in [0.25, 0.3) is 0 Å². The Kier molecular flexibility index (Phi) is 5.71. The molecule has 0 saturated carbocycles. The largest absolute Gasteiger partial charge is 0.443 e. The highest BCUT2D eigenvalue weighted by Gasteiger charge is 2.18. The molecule has 0 aliphatic heterocycles. The van der Waals surface area contributed by atoms with E-state index in [4.69, 9.17) is 4.74 Å². The Morgan fingerprint density at radius 2 is 1.80 bits per heavy atom. The van der Waals surface area contributed by atoms with Gasteiger partial charge in [-0.2, -0.15) is 0 Å². The molecule has 0 bridgehead atoms. The molecule has 0 saturated heterocycles. The zero-order valence-corrected chi connectivity index (χ0v) is 13.4. The number of ether oxygens (including phenoxy) is 1. The molecule has 0 fully saturated rings. The van der Waals surface area contributed by atoms with Gasteiger partial charge >= 0.3 is 6.09 Å². The summed E-state index contributed by atoms with van der Waals surface area (Å²) in [5.74, 6) is 0. The number of amides is 1. The SMILES string of the molecule is CN(C)Cc1ccc(S(=O)NC(=O)OC(C)(C)C)cc1. The van der Waals surface area contributed by atoms with E-state index in [1.54, 1.807) is 32.9 Å². The van der Waals surface area contributed by atoms with Crippen LogP contribution in [-0.4, -0.2) is 34.9 Å². The minimum absolute atomic E-state index is 0.540. The molecule has 0 heterocycles. The molecule has 5 nitrogen and oxygen atoms in total. The molecule has 112 valence electrons. The van der Waals surface area contributed by atoms with Crippen molar-refractivity contribution >= 4 is 17.1 Å². The van der Waals surface area contributed by atoms with Gasteiger partial charge in [0.25, 0.3) is 0 Å². The van der Waals surface area contributed by atoms with E-state index in [1.807, 2.05) is 31.1 Å². The van der Waals surface area contributed by atoms with Gasteiger partial charge in [0.1, 0.15) is 5.60 Å². The summed E-state index contributed by atoms with van der Waals surface area (Å²) in [4.78, 5) is 14.1.